The predicted molar refractivity (Wildman–Crippen MR) is 86.5 cm³/mol. The van der Waals surface area contributed by atoms with E-state index in [1.54, 1.807) is 30.2 Å². The highest BCUT2D eigenvalue weighted by Gasteiger charge is 2.18. The Labute approximate surface area is 129 Å². The third kappa shape index (κ3) is 4.79. The number of amides is 1. The second kappa shape index (κ2) is 8.05. The van der Waals surface area contributed by atoms with Crippen molar-refractivity contribution in [3.63, 3.8) is 0 Å². The molecule has 0 unspecified atom stereocenters. The molecule has 1 aliphatic rings. The van der Waals surface area contributed by atoms with Crippen molar-refractivity contribution < 1.29 is 9.53 Å². The summed E-state index contributed by atoms with van der Waals surface area (Å²) >= 11 is 3.53. The summed E-state index contributed by atoms with van der Waals surface area (Å²) in [6, 6.07) is 4.16. The molecule has 1 N–H and O–H groups in total. The van der Waals surface area contributed by atoms with Crippen LogP contribution in [0, 0.1) is 6.92 Å². The molecule has 0 radical (unpaired) electrons. The van der Waals surface area contributed by atoms with E-state index in [2.05, 4.69) is 24.4 Å². The van der Waals surface area contributed by atoms with Gasteiger partial charge in [-0.1, -0.05) is 12.8 Å². The number of rotatable bonds is 7. The van der Waals surface area contributed by atoms with Gasteiger partial charge in [0.05, 0.1) is 5.75 Å². The van der Waals surface area contributed by atoms with E-state index < -0.39 is 0 Å². The molecule has 112 valence electrons. The summed E-state index contributed by atoms with van der Waals surface area (Å²) < 4.78 is 5.47. The molecule has 5 heteroatoms. The van der Waals surface area contributed by atoms with Crippen LogP contribution in [-0.4, -0.2) is 30.6 Å². The zero-order chi connectivity index (χ0) is 14.4. The van der Waals surface area contributed by atoms with Crippen LogP contribution in [0.4, 0.5) is 0 Å². The quantitative estimate of drug-likeness (QED) is 0.837. The van der Waals surface area contributed by atoms with Crippen LogP contribution in [0.25, 0.3) is 0 Å². The maximum atomic E-state index is 11.9. The molecule has 1 atom stereocenters. The normalized spacial score (nSPS) is 17.3. The van der Waals surface area contributed by atoms with Crippen LogP contribution in [0.15, 0.2) is 12.1 Å². The van der Waals surface area contributed by atoms with E-state index in [0.717, 1.165) is 0 Å². The highest BCUT2D eigenvalue weighted by Crippen LogP contribution is 2.29. The monoisotopic (exact) mass is 313 g/mol. The topological polar surface area (TPSA) is 38.3 Å². The SMILES string of the molecule is CO[C@H](CNC(=O)CSC1CCCC1)c1ccc(C)s1. The van der Waals surface area contributed by atoms with E-state index >= 15 is 0 Å². The lowest BCUT2D eigenvalue weighted by molar-refractivity contribution is -0.119. The van der Waals surface area contributed by atoms with Crippen LogP contribution in [0.1, 0.15) is 41.5 Å². The van der Waals surface area contributed by atoms with Gasteiger partial charge in [0, 0.05) is 28.7 Å². The Morgan fingerprint density at radius 2 is 2.25 bits per heavy atom. The molecule has 0 saturated heterocycles. The molecule has 1 aromatic heterocycles. The number of nitrogens with one attached hydrogen (secondary N) is 1. The molecule has 0 spiro atoms. The number of thiophene rings is 1. The van der Waals surface area contributed by atoms with Gasteiger partial charge in [-0.15, -0.1) is 23.1 Å². The summed E-state index contributed by atoms with van der Waals surface area (Å²) in [5.41, 5.74) is 0. The number of thioether (sulfide) groups is 1. The second-order valence-electron chi connectivity index (χ2n) is 5.19. The van der Waals surface area contributed by atoms with Crippen LogP contribution < -0.4 is 5.32 Å². The van der Waals surface area contributed by atoms with Gasteiger partial charge in [0.2, 0.25) is 5.91 Å². The highest BCUT2D eigenvalue weighted by atomic mass is 32.2. The van der Waals surface area contributed by atoms with Crippen LogP contribution in [0.2, 0.25) is 0 Å². The zero-order valence-corrected chi connectivity index (χ0v) is 13.8. The molecule has 1 saturated carbocycles. The van der Waals surface area contributed by atoms with Gasteiger partial charge in [-0.3, -0.25) is 4.79 Å². The van der Waals surface area contributed by atoms with E-state index in [4.69, 9.17) is 4.74 Å². The Morgan fingerprint density at radius 1 is 1.50 bits per heavy atom. The van der Waals surface area contributed by atoms with Crippen LogP contribution >= 0.6 is 23.1 Å². The van der Waals surface area contributed by atoms with Gasteiger partial charge in [-0.05, 0) is 31.9 Å². The lowest BCUT2D eigenvalue weighted by Crippen LogP contribution is -2.30. The van der Waals surface area contributed by atoms with E-state index in [1.807, 2.05) is 0 Å². The Hall–Kier alpha value is -0.520. The van der Waals surface area contributed by atoms with Gasteiger partial charge in [0.25, 0.3) is 0 Å². The fraction of sp³-hybridized carbons (Fsp3) is 0.667. The lowest BCUT2D eigenvalue weighted by Gasteiger charge is -2.15. The molecule has 1 fully saturated rings. The highest BCUT2D eigenvalue weighted by molar-refractivity contribution is 8.00. The summed E-state index contributed by atoms with van der Waals surface area (Å²) in [5.74, 6) is 0.696. The van der Waals surface area contributed by atoms with Gasteiger partial charge in [-0.25, -0.2) is 0 Å². The summed E-state index contributed by atoms with van der Waals surface area (Å²) in [6.45, 7) is 2.64. The molecule has 0 aliphatic heterocycles. The molecule has 1 heterocycles. The fourth-order valence-electron chi connectivity index (χ4n) is 2.43. The largest absolute Gasteiger partial charge is 0.374 e. The third-order valence-electron chi connectivity index (χ3n) is 3.60. The van der Waals surface area contributed by atoms with Gasteiger partial charge in [0.1, 0.15) is 6.10 Å². The van der Waals surface area contributed by atoms with Crippen molar-refractivity contribution in [3.05, 3.63) is 21.9 Å². The average molecular weight is 313 g/mol. The first-order chi connectivity index (χ1) is 9.69. The van der Waals surface area contributed by atoms with Crippen LogP contribution in [0.3, 0.4) is 0 Å². The van der Waals surface area contributed by atoms with E-state index in [0.29, 0.717) is 17.5 Å². The number of hydrogen-bond acceptors (Lipinski definition) is 4. The van der Waals surface area contributed by atoms with Crippen LogP contribution in [0.5, 0.6) is 0 Å². The Morgan fingerprint density at radius 3 is 2.85 bits per heavy atom. The number of methoxy groups -OCH3 is 1. The fourth-order valence-corrected chi connectivity index (χ4v) is 4.54. The van der Waals surface area contributed by atoms with Gasteiger partial charge in [0.15, 0.2) is 0 Å². The second-order valence-corrected chi connectivity index (χ2v) is 7.80. The molecular weight excluding hydrogens is 290 g/mol. The number of carbonyl (C=O) groups is 1. The molecular formula is C15H23NO2S2. The maximum Gasteiger partial charge on any atom is 0.230 e. The smallest absolute Gasteiger partial charge is 0.230 e. The average Bonchev–Trinajstić information content (AvgIpc) is 3.09. The molecule has 1 aromatic rings. The summed E-state index contributed by atoms with van der Waals surface area (Å²) in [6.07, 6.45) is 5.15. The van der Waals surface area contributed by atoms with Gasteiger partial charge >= 0.3 is 0 Å². The van der Waals surface area contributed by atoms with Crippen molar-refractivity contribution in [1.82, 2.24) is 5.32 Å². The molecule has 2 rings (SSSR count). The molecule has 0 aromatic carbocycles. The Balaban J connectivity index is 1.70. The van der Waals surface area contributed by atoms with Crippen molar-refractivity contribution in [2.45, 2.75) is 44.0 Å². The molecule has 20 heavy (non-hydrogen) atoms. The summed E-state index contributed by atoms with van der Waals surface area (Å²) in [5, 5.41) is 3.68. The summed E-state index contributed by atoms with van der Waals surface area (Å²) in [4.78, 5) is 14.3. The minimum absolute atomic E-state index is 0.0332. The maximum absolute atomic E-state index is 11.9. The zero-order valence-electron chi connectivity index (χ0n) is 12.2. The van der Waals surface area contributed by atoms with E-state index in [-0.39, 0.29) is 12.0 Å². The van der Waals surface area contributed by atoms with E-state index in [1.165, 1.54) is 35.4 Å². The Kier molecular flexibility index (Phi) is 6.39. The first-order valence-electron chi connectivity index (χ1n) is 7.16. The van der Waals surface area contributed by atoms with Gasteiger partial charge < -0.3 is 10.1 Å². The minimum Gasteiger partial charge on any atom is -0.374 e. The third-order valence-corrected chi connectivity index (χ3v) is 6.06. The summed E-state index contributed by atoms with van der Waals surface area (Å²) in [7, 11) is 1.69. The van der Waals surface area contributed by atoms with Crippen molar-refractivity contribution in [2.24, 2.45) is 0 Å². The van der Waals surface area contributed by atoms with Crippen molar-refractivity contribution in [3.8, 4) is 0 Å². The molecule has 1 aliphatic carbocycles. The standard InChI is InChI=1S/C15H23NO2S2/c1-11-7-8-14(20-11)13(18-2)9-16-15(17)10-19-12-5-3-4-6-12/h7-8,12-13H,3-6,9-10H2,1-2H3,(H,16,17)/t13-/m1/s1. The number of aryl methyl sites for hydroxylation is 1. The van der Waals surface area contributed by atoms with Crippen LogP contribution in [-0.2, 0) is 9.53 Å². The Bertz CT molecular complexity index is 427. The first-order valence-corrected chi connectivity index (χ1v) is 9.03. The van der Waals surface area contributed by atoms with Crippen molar-refractivity contribution in [2.75, 3.05) is 19.4 Å². The first kappa shape index (κ1) is 15.9. The molecule has 1 amide bonds. The van der Waals surface area contributed by atoms with Gasteiger partial charge in [-0.2, -0.15) is 0 Å². The molecule has 0 bridgehead atoms. The van der Waals surface area contributed by atoms with Crippen molar-refractivity contribution in [1.29, 1.82) is 0 Å². The number of ether oxygens (including phenoxy) is 1. The minimum atomic E-state index is -0.0332. The molecule has 3 nitrogen and oxygen atoms in total. The van der Waals surface area contributed by atoms with E-state index in [9.17, 15) is 4.79 Å². The van der Waals surface area contributed by atoms with Crippen molar-refractivity contribution >= 4 is 29.0 Å². The number of carbonyl (C=O) groups excluding carboxylic acids is 1. The number of hydrogen-bond donors (Lipinski definition) is 1. The lowest BCUT2D eigenvalue weighted by atomic mass is 10.3. The predicted octanol–water partition coefficient (Wildman–Crippen LogP) is 3.54.